The number of hydrogen-bond donors (Lipinski definition) is 3. The first-order valence-electron chi connectivity index (χ1n) is 8.83. The van der Waals surface area contributed by atoms with Gasteiger partial charge in [-0.2, -0.15) is 0 Å². The van der Waals surface area contributed by atoms with Gasteiger partial charge in [-0.15, -0.1) is 0 Å². The van der Waals surface area contributed by atoms with Crippen LogP contribution >= 0.6 is 0 Å². The van der Waals surface area contributed by atoms with Crippen LogP contribution in [0.1, 0.15) is 50.0 Å². The van der Waals surface area contributed by atoms with Crippen molar-refractivity contribution in [1.29, 1.82) is 0 Å². The maximum atomic E-state index is 12.0. The molecule has 6 nitrogen and oxygen atoms in total. The third-order valence-corrected chi connectivity index (χ3v) is 3.53. The minimum atomic E-state index is -0.282. The van der Waals surface area contributed by atoms with Crippen LogP contribution in [-0.2, 0) is 4.74 Å². The van der Waals surface area contributed by atoms with Crippen molar-refractivity contribution >= 4 is 17.6 Å². The van der Waals surface area contributed by atoms with Gasteiger partial charge in [0.15, 0.2) is 0 Å². The highest BCUT2D eigenvalue weighted by atomic mass is 16.5. The minimum Gasteiger partial charge on any atom is -0.380 e. The molecule has 1 rings (SSSR count). The van der Waals surface area contributed by atoms with E-state index in [2.05, 4.69) is 29.8 Å². The molecule has 0 saturated carbocycles. The summed E-state index contributed by atoms with van der Waals surface area (Å²) in [6.07, 6.45) is 1.02. The maximum absolute atomic E-state index is 12.0. The molecule has 0 saturated heterocycles. The van der Waals surface area contributed by atoms with Crippen LogP contribution in [0, 0.1) is 12.8 Å². The molecule has 0 aliphatic carbocycles. The molecular weight excluding hydrogens is 318 g/mol. The Morgan fingerprint density at radius 1 is 1.12 bits per heavy atom. The highest BCUT2D eigenvalue weighted by molar-refractivity contribution is 5.96. The van der Waals surface area contributed by atoms with E-state index in [1.54, 1.807) is 18.2 Å². The van der Waals surface area contributed by atoms with Gasteiger partial charge in [0.25, 0.3) is 5.91 Å². The average Bonchev–Trinajstić information content (AvgIpc) is 2.51. The van der Waals surface area contributed by atoms with Crippen LogP contribution in [0.3, 0.4) is 0 Å². The Morgan fingerprint density at radius 2 is 1.84 bits per heavy atom. The van der Waals surface area contributed by atoms with Crippen LogP contribution < -0.4 is 16.0 Å². The molecule has 0 spiro atoms. The van der Waals surface area contributed by atoms with Crippen molar-refractivity contribution in [2.45, 2.75) is 47.1 Å². The number of urea groups is 1. The molecule has 0 unspecified atom stereocenters. The van der Waals surface area contributed by atoms with Crippen molar-refractivity contribution in [3.05, 3.63) is 29.3 Å². The van der Waals surface area contributed by atoms with Gasteiger partial charge in [-0.1, -0.05) is 13.8 Å². The Bertz CT molecular complexity index is 571. The summed E-state index contributed by atoms with van der Waals surface area (Å²) in [4.78, 5) is 23.9. The van der Waals surface area contributed by atoms with Crippen LogP contribution in [0.4, 0.5) is 10.5 Å². The number of amides is 3. The van der Waals surface area contributed by atoms with Crippen LogP contribution in [0.2, 0.25) is 0 Å². The van der Waals surface area contributed by atoms with Gasteiger partial charge in [-0.25, -0.2) is 4.79 Å². The van der Waals surface area contributed by atoms with Crippen LogP contribution in [0.5, 0.6) is 0 Å². The first kappa shape index (κ1) is 21.0. The molecule has 1 aromatic rings. The van der Waals surface area contributed by atoms with E-state index in [0.717, 1.165) is 12.0 Å². The third-order valence-electron chi connectivity index (χ3n) is 3.53. The summed E-state index contributed by atoms with van der Waals surface area (Å²) in [7, 11) is 0. The summed E-state index contributed by atoms with van der Waals surface area (Å²) in [6, 6.07) is 5.01. The third kappa shape index (κ3) is 8.54. The fourth-order valence-electron chi connectivity index (χ4n) is 2.12. The van der Waals surface area contributed by atoms with Crippen molar-refractivity contribution in [1.82, 2.24) is 10.6 Å². The van der Waals surface area contributed by atoms with Crippen LogP contribution in [-0.4, -0.2) is 37.7 Å². The molecule has 25 heavy (non-hydrogen) atoms. The standard InChI is InChI=1S/C19H31N3O3/c1-13(2)8-10-25-11-9-20-19(24)22-17-7-6-16(12-15(17)5)18(23)21-14(3)4/h6-7,12-14H,8-11H2,1-5H3,(H,21,23)(H2,20,22,24). The smallest absolute Gasteiger partial charge is 0.319 e. The van der Waals surface area contributed by atoms with Crippen LogP contribution in [0.25, 0.3) is 0 Å². The molecule has 0 atom stereocenters. The number of carbonyl (C=O) groups is 2. The van der Waals surface area contributed by atoms with Gasteiger partial charge in [0, 0.05) is 30.4 Å². The number of hydrogen-bond acceptors (Lipinski definition) is 3. The van der Waals surface area contributed by atoms with E-state index in [9.17, 15) is 9.59 Å². The Hall–Kier alpha value is -2.08. The molecule has 1 aromatic carbocycles. The summed E-state index contributed by atoms with van der Waals surface area (Å²) >= 11 is 0. The molecule has 0 aliphatic rings. The number of ether oxygens (including phenoxy) is 1. The highest BCUT2D eigenvalue weighted by Crippen LogP contribution is 2.16. The predicted molar refractivity (Wildman–Crippen MR) is 101 cm³/mol. The molecule has 140 valence electrons. The summed E-state index contributed by atoms with van der Waals surface area (Å²) in [6.45, 7) is 11.6. The summed E-state index contributed by atoms with van der Waals surface area (Å²) < 4.78 is 5.46. The van der Waals surface area contributed by atoms with Crippen molar-refractivity contribution in [2.75, 3.05) is 25.1 Å². The number of carbonyl (C=O) groups excluding carboxylic acids is 2. The first-order valence-corrected chi connectivity index (χ1v) is 8.83. The molecule has 0 aromatic heterocycles. The van der Waals surface area contributed by atoms with E-state index in [-0.39, 0.29) is 18.0 Å². The van der Waals surface area contributed by atoms with E-state index >= 15 is 0 Å². The Kier molecular flexibility index (Phi) is 8.99. The SMILES string of the molecule is Cc1cc(C(=O)NC(C)C)ccc1NC(=O)NCCOCCC(C)C. The van der Waals surface area contributed by atoms with Gasteiger partial charge >= 0.3 is 6.03 Å². The zero-order chi connectivity index (χ0) is 18.8. The van der Waals surface area contributed by atoms with Crippen molar-refractivity contribution in [3.8, 4) is 0 Å². The first-order chi connectivity index (χ1) is 11.8. The fourth-order valence-corrected chi connectivity index (χ4v) is 2.12. The molecule has 0 radical (unpaired) electrons. The lowest BCUT2D eigenvalue weighted by molar-refractivity contribution is 0.0943. The molecule has 6 heteroatoms. The number of rotatable bonds is 9. The minimum absolute atomic E-state index is 0.0825. The van der Waals surface area contributed by atoms with Crippen molar-refractivity contribution in [2.24, 2.45) is 5.92 Å². The Morgan fingerprint density at radius 3 is 2.44 bits per heavy atom. The molecule has 0 heterocycles. The summed E-state index contributed by atoms with van der Waals surface area (Å²) in [5, 5.41) is 8.39. The van der Waals surface area contributed by atoms with E-state index in [0.29, 0.717) is 36.9 Å². The predicted octanol–water partition coefficient (Wildman–Crippen LogP) is 3.32. The molecular formula is C19H31N3O3. The average molecular weight is 349 g/mol. The second-order valence-corrected chi connectivity index (χ2v) is 6.83. The van der Waals surface area contributed by atoms with Gasteiger partial charge in [0.2, 0.25) is 0 Å². The topological polar surface area (TPSA) is 79.5 Å². The Balaban J connectivity index is 2.41. The fraction of sp³-hybridized carbons (Fsp3) is 0.579. The Labute approximate surface area is 150 Å². The second-order valence-electron chi connectivity index (χ2n) is 6.83. The molecule has 3 N–H and O–H groups in total. The summed E-state index contributed by atoms with van der Waals surface area (Å²) in [5.41, 5.74) is 2.09. The largest absolute Gasteiger partial charge is 0.380 e. The molecule has 0 aliphatic heterocycles. The highest BCUT2D eigenvalue weighted by Gasteiger charge is 2.10. The molecule has 0 bridgehead atoms. The molecule has 0 fully saturated rings. The summed E-state index contributed by atoms with van der Waals surface area (Å²) in [5.74, 6) is 0.498. The van der Waals surface area contributed by atoms with Gasteiger partial charge in [0.05, 0.1) is 6.61 Å². The monoisotopic (exact) mass is 349 g/mol. The zero-order valence-electron chi connectivity index (χ0n) is 15.9. The normalized spacial score (nSPS) is 10.8. The van der Waals surface area contributed by atoms with Gasteiger partial charge in [-0.05, 0) is 56.9 Å². The number of benzene rings is 1. The number of nitrogens with one attached hydrogen (secondary N) is 3. The van der Waals surface area contributed by atoms with E-state index < -0.39 is 0 Å². The second kappa shape index (κ2) is 10.7. The van der Waals surface area contributed by atoms with E-state index in [1.807, 2.05) is 20.8 Å². The van der Waals surface area contributed by atoms with Crippen molar-refractivity contribution < 1.29 is 14.3 Å². The van der Waals surface area contributed by atoms with E-state index in [1.165, 1.54) is 0 Å². The van der Waals surface area contributed by atoms with E-state index in [4.69, 9.17) is 4.74 Å². The van der Waals surface area contributed by atoms with Gasteiger partial charge in [-0.3, -0.25) is 4.79 Å². The van der Waals surface area contributed by atoms with Gasteiger partial charge < -0.3 is 20.7 Å². The van der Waals surface area contributed by atoms with Gasteiger partial charge in [0.1, 0.15) is 0 Å². The number of aryl methyl sites for hydroxylation is 1. The van der Waals surface area contributed by atoms with Crippen molar-refractivity contribution in [3.63, 3.8) is 0 Å². The maximum Gasteiger partial charge on any atom is 0.319 e. The molecule has 3 amide bonds. The lowest BCUT2D eigenvalue weighted by Gasteiger charge is -2.13. The lowest BCUT2D eigenvalue weighted by atomic mass is 10.1. The zero-order valence-corrected chi connectivity index (χ0v) is 15.9. The lowest BCUT2D eigenvalue weighted by Crippen LogP contribution is -2.32. The van der Waals surface area contributed by atoms with Crippen LogP contribution in [0.15, 0.2) is 18.2 Å². The quantitative estimate of drug-likeness (QED) is 0.598. The number of anilines is 1.